The fourth-order valence-corrected chi connectivity index (χ4v) is 5.82. The van der Waals surface area contributed by atoms with E-state index in [0.29, 0.717) is 24.6 Å². The maximum Gasteiger partial charge on any atom is 0.237 e. The predicted octanol–water partition coefficient (Wildman–Crippen LogP) is 3.35. The second-order valence-corrected chi connectivity index (χ2v) is 10.1. The Bertz CT molecular complexity index is 1090. The normalized spacial score (nSPS) is 23.0. The van der Waals surface area contributed by atoms with Crippen LogP contribution in [0.15, 0.2) is 17.5 Å². The van der Waals surface area contributed by atoms with Gasteiger partial charge in [-0.1, -0.05) is 0 Å². The molecule has 170 valence electrons. The maximum atomic E-state index is 12.8. The van der Waals surface area contributed by atoms with Gasteiger partial charge in [-0.3, -0.25) is 9.89 Å². The molecule has 1 amide bonds. The molecule has 2 saturated heterocycles. The average molecular weight is 455 g/mol. The van der Waals surface area contributed by atoms with E-state index in [-0.39, 0.29) is 11.9 Å². The second kappa shape index (κ2) is 8.67. The first-order valence-electron chi connectivity index (χ1n) is 11.2. The highest BCUT2D eigenvalue weighted by Crippen LogP contribution is 2.36. The topological polar surface area (TPSA) is 102 Å². The summed E-state index contributed by atoms with van der Waals surface area (Å²) in [6.07, 6.45) is 5.21. The molecule has 2 aliphatic heterocycles. The highest BCUT2D eigenvalue weighted by molar-refractivity contribution is 7.16. The van der Waals surface area contributed by atoms with E-state index < -0.39 is 0 Å². The Kier molecular flexibility index (Phi) is 5.73. The van der Waals surface area contributed by atoms with Gasteiger partial charge in [0.05, 0.1) is 11.9 Å². The number of aromatic nitrogens is 4. The summed E-state index contributed by atoms with van der Waals surface area (Å²) in [4.78, 5) is 27.5. The van der Waals surface area contributed by atoms with E-state index in [4.69, 9.17) is 9.97 Å². The van der Waals surface area contributed by atoms with Crippen LogP contribution in [-0.4, -0.2) is 74.6 Å². The number of likely N-dealkylation sites (N-methyl/N-ethyl adjacent to an activating group) is 1. The summed E-state index contributed by atoms with van der Waals surface area (Å²) >= 11 is 1.60. The molecule has 1 unspecified atom stereocenters. The van der Waals surface area contributed by atoms with Crippen LogP contribution >= 0.6 is 11.3 Å². The Morgan fingerprint density at radius 1 is 1.28 bits per heavy atom. The lowest BCUT2D eigenvalue weighted by molar-refractivity contribution is -0.141. The molecule has 2 bridgehead atoms. The molecule has 2 aliphatic rings. The molecule has 5 heterocycles. The molecule has 0 aliphatic carbocycles. The number of carbonyl (C=O) groups is 1. The second-order valence-electron chi connectivity index (χ2n) is 9.19. The number of aromatic amines is 1. The molecular formula is C22H30N8OS. The Hall–Kier alpha value is -2.72. The molecule has 32 heavy (non-hydrogen) atoms. The van der Waals surface area contributed by atoms with Crippen LogP contribution in [0.4, 0.5) is 17.6 Å². The number of nitrogens with one attached hydrogen (secondary N) is 3. The fraction of sp³-hybridized carbons (Fsp3) is 0.545. The molecule has 5 rings (SSSR count). The molecule has 3 N–H and O–H groups in total. The number of carbonyl (C=O) groups excluding carboxylic acids is 1. The summed E-state index contributed by atoms with van der Waals surface area (Å²) in [7, 11) is 3.91. The van der Waals surface area contributed by atoms with Gasteiger partial charge in [0.1, 0.15) is 10.6 Å². The summed E-state index contributed by atoms with van der Waals surface area (Å²) in [5.74, 6) is 2.37. The van der Waals surface area contributed by atoms with Crippen LogP contribution in [-0.2, 0) is 4.79 Å². The largest absolute Gasteiger partial charge is 0.351 e. The average Bonchev–Trinajstić information content (AvgIpc) is 3.35. The zero-order valence-corrected chi connectivity index (χ0v) is 19.6. The van der Waals surface area contributed by atoms with Gasteiger partial charge in [0, 0.05) is 29.9 Å². The van der Waals surface area contributed by atoms with Crippen molar-refractivity contribution in [3.8, 4) is 0 Å². The van der Waals surface area contributed by atoms with Crippen molar-refractivity contribution in [1.29, 1.82) is 0 Å². The van der Waals surface area contributed by atoms with Crippen LogP contribution in [0, 0.1) is 6.92 Å². The fourth-order valence-electron chi connectivity index (χ4n) is 5.06. The van der Waals surface area contributed by atoms with Gasteiger partial charge in [-0.05, 0) is 64.6 Å². The number of aryl methyl sites for hydroxylation is 1. The first-order valence-corrected chi connectivity index (χ1v) is 12.1. The number of rotatable bonds is 6. The van der Waals surface area contributed by atoms with E-state index in [1.807, 2.05) is 43.4 Å². The Morgan fingerprint density at radius 2 is 2.06 bits per heavy atom. The van der Waals surface area contributed by atoms with Gasteiger partial charge in [0.25, 0.3) is 0 Å². The predicted molar refractivity (Wildman–Crippen MR) is 127 cm³/mol. The van der Waals surface area contributed by atoms with Gasteiger partial charge in [0.2, 0.25) is 11.9 Å². The lowest BCUT2D eigenvalue weighted by Crippen LogP contribution is -2.58. The van der Waals surface area contributed by atoms with Crippen molar-refractivity contribution in [3.05, 3.63) is 23.2 Å². The number of fused-ring (bicyclic) bond motifs is 3. The lowest BCUT2D eigenvalue weighted by atomic mass is 9.81. The number of amides is 1. The van der Waals surface area contributed by atoms with Crippen LogP contribution in [0.2, 0.25) is 0 Å². The third-order valence-electron chi connectivity index (χ3n) is 6.32. The molecule has 9 nitrogen and oxygen atoms in total. The number of nitrogens with zero attached hydrogens (tertiary/aromatic N) is 5. The summed E-state index contributed by atoms with van der Waals surface area (Å²) in [5.41, 5.74) is 0.989. The van der Waals surface area contributed by atoms with Gasteiger partial charge in [-0.25, -0.2) is 4.98 Å². The van der Waals surface area contributed by atoms with Gasteiger partial charge in [-0.15, -0.1) is 11.3 Å². The van der Waals surface area contributed by atoms with Crippen molar-refractivity contribution in [1.82, 2.24) is 30.0 Å². The molecule has 10 heteroatoms. The van der Waals surface area contributed by atoms with Gasteiger partial charge in [-0.2, -0.15) is 10.1 Å². The van der Waals surface area contributed by atoms with Crippen LogP contribution in [0.1, 0.15) is 37.8 Å². The summed E-state index contributed by atoms with van der Waals surface area (Å²) in [6, 6.07) is 4.83. The van der Waals surface area contributed by atoms with Crippen LogP contribution in [0.5, 0.6) is 0 Å². The summed E-state index contributed by atoms with van der Waals surface area (Å²) < 4.78 is 0. The zero-order chi connectivity index (χ0) is 22.2. The summed E-state index contributed by atoms with van der Waals surface area (Å²) in [5, 5.41) is 17.2. The van der Waals surface area contributed by atoms with Crippen LogP contribution < -0.4 is 10.6 Å². The Morgan fingerprint density at radius 3 is 2.75 bits per heavy atom. The van der Waals surface area contributed by atoms with Crippen molar-refractivity contribution in [2.24, 2.45) is 0 Å². The van der Waals surface area contributed by atoms with E-state index in [1.165, 1.54) is 6.42 Å². The molecular weight excluding hydrogens is 424 g/mol. The number of thiophene rings is 1. The first-order chi connectivity index (χ1) is 15.5. The molecule has 3 atom stereocenters. The zero-order valence-electron chi connectivity index (χ0n) is 18.8. The molecule has 0 radical (unpaired) electrons. The first kappa shape index (κ1) is 21.1. The molecule has 0 aromatic carbocycles. The van der Waals surface area contributed by atoms with E-state index in [2.05, 4.69) is 25.7 Å². The number of H-pyrrole nitrogens is 1. The minimum absolute atomic E-state index is 0.250. The van der Waals surface area contributed by atoms with Crippen molar-refractivity contribution >= 4 is 45.0 Å². The van der Waals surface area contributed by atoms with Crippen LogP contribution in [0.3, 0.4) is 0 Å². The third-order valence-corrected chi connectivity index (χ3v) is 7.13. The lowest BCUT2D eigenvalue weighted by Gasteiger charge is -2.49. The van der Waals surface area contributed by atoms with E-state index >= 15 is 0 Å². The Balaban J connectivity index is 1.34. The van der Waals surface area contributed by atoms with E-state index in [9.17, 15) is 4.79 Å². The standard InChI is InChI=1S/C22H30N8OS/c1-13-9-18(28-27-13)24-20-17-7-8-32-21(17)26-22(25-20)23-14-10-15-5-4-6-16(11-14)30(15)19(31)12-29(2)3/h7-9,14-16H,4-6,10-12H2,1-3H3,(H3,23,24,25,26,27,28)/t14?,15-,16+. The van der Waals surface area contributed by atoms with Gasteiger partial charge >= 0.3 is 0 Å². The van der Waals surface area contributed by atoms with Crippen molar-refractivity contribution in [3.63, 3.8) is 0 Å². The van der Waals surface area contributed by atoms with Crippen molar-refractivity contribution in [2.75, 3.05) is 31.3 Å². The number of piperidine rings is 2. The number of anilines is 3. The van der Waals surface area contributed by atoms with E-state index in [0.717, 1.165) is 53.2 Å². The maximum absolute atomic E-state index is 12.8. The number of hydrogen-bond donors (Lipinski definition) is 3. The monoisotopic (exact) mass is 454 g/mol. The number of hydrogen-bond acceptors (Lipinski definition) is 8. The minimum atomic E-state index is 0.250. The third kappa shape index (κ3) is 4.29. The SMILES string of the molecule is Cc1cc(Nc2nc(NC3C[C@H]4CCC[C@@H](C3)N4C(=O)CN(C)C)nc3sccc23)n[nH]1. The van der Waals surface area contributed by atoms with E-state index in [1.54, 1.807) is 11.3 Å². The summed E-state index contributed by atoms with van der Waals surface area (Å²) in [6.45, 7) is 2.45. The Labute approximate surface area is 191 Å². The molecule has 2 fully saturated rings. The smallest absolute Gasteiger partial charge is 0.237 e. The van der Waals surface area contributed by atoms with Gasteiger partial charge < -0.3 is 20.4 Å². The molecule has 3 aromatic rings. The molecule has 0 saturated carbocycles. The molecule has 0 spiro atoms. The van der Waals surface area contributed by atoms with Crippen LogP contribution in [0.25, 0.3) is 10.2 Å². The van der Waals surface area contributed by atoms with Crippen molar-refractivity contribution < 1.29 is 4.79 Å². The van der Waals surface area contributed by atoms with Gasteiger partial charge in [0.15, 0.2) is 5.82 Å². The quantitative estimate of drug-likeness (QED) is 0.525. The highest BCUT2D eigenvalue weighted by Gasteiger charge is 2.40. The molecule has 3 aromatic heterocycles. The minimum Gasteiger partial charge on any atom is -0.351 e. The van der Waals surface area contributed by atoms with Crippen molar-refractivity contribution in [2.45, 2.75) is 57.2 Å². The highest BCUT2D eigenvalue weighted by atomic mass is 32.1.